The van der Waals surface area contributed by atoms with Gasteiger partial charge in [-0.25, -0.2) is 8.42 Å². The molecule has 36 heavy (non-hydrogen) atoms. The number of hydrogen-bond donors (Lipinski definition) is 2. The van der Waals surface area contributed by atoms with Gasteiger partial charge in [-0.3, -0.25) is 14.4 Å². The van der Waals surface area contributed by atoms with E-state index in [-0.39, 0.29) is 21.4 Å². The van der Waals surface area contributed by atoms with Crippen LogP contribution in [0.5, 0.6) is 0 Å². The average molecular weight is 526 g/mol. The molecule has 0 atom stereocenters. The second kappa shape index (κ2) is 11.5. The molecular formula is C28H32ClN3O3S. The van der Waals surface area contributed by atoms with Gasteiger partial charge in [-0.1, -0.05) is 54.4 Å². The highest BCUT2D eigenvalue weighted by Gasteiger charge is 2.21. The number of nitrogens with zero attached hydrogens (tertiary/aromatic N) is 1. The van der Waals surface area contributed by atoms with Crippen LogP contribution in [0.1, 0.15) is 51.9 Å². The van der Waals surface area contributed by atoms with Crippen LogP contribution in [-0.2, 0) is 23.1 Å². The molecule has 0 aromatic heterocycles. The van der Waals surface area contributed by atoms with Gasteiger partial charge in [0.15, 0.2) is 0 Å². The fourth-order valence-electron chi connectivity index (χ4n) is 4.41. The van der Waals surface area contributed by atoms with Gasteiger partial charge in [0.25, 0.3) is 15.9 Å². The van der Waals surface area contributed by atoms with Crippen molar-refractivity contribution >= 4 is 33.2 Å². The zero-order chi connectivity index (χ0) is 25.7. The summed E-state index contributed by atoms with van der Waals surface area (Å²) < 4.78 is 28.8. The number of piperidine rings is 1. The summed E-state index contributed by atoms with van der Waals surface area (Å²) in [4.78, 5) is 15.2. The van der Waals surface area contributed by atoms with Crippen molar-refractivity contribution in [3.8, 4) is 0 Å². The van der Waals surface area contributed by atoms with Crippen LogP contribution in [0.2, 0.25) is 5.02 Å². The summed E-state index contributed by atoms with van der Waals surface area (Å²) in [6.45, 7) is 7.27. The van der Waals surface area contributed by atoms with E-state index < -0.39 is 10.0 Å². The highest BCUT2D eigenvalue weighted by atomic mass is 35.5. The number of benzene rings is 3. The molecule has 0 aliphatic carbocycles. The first-order valence-electron chi connectivity index (χ1n) is 12.2. The summed E-state index contributed by atoms with van der Waals surface area (Å²) in [5, 5.41) is 2.95. The Bertz CT molecular complexity index is 1350. The zero-order valence-electron chi connectivity index (χ0n) is 20.7. The van der Waals surface area contributed by atoms with Crippen LogP contribution in [-0.4, -0.2) is 32.3 Å². The van der Waals surface area contributed by atoms with E-state index in [2.05, 4.69) is 27.1 Å². The predicted molar refractivity (Wildman–Crippen MR) is 145 cm³/mol. The molecule has 1 saturated heterocycles. The third-order valence-electron chi connectivity index (χ3n) is 6.63. The number of likely N-dealkylation sites (tertiary alicyclic amines) is 1. The maximum absolute atomic E-state index is 13.1. The molecule has 1 aliphatic rings. The minimum atomic E-state index is -3.99. The number of carbonyl (C=O) groups excluding carboxylic acids is 1. The number of halogens is 1. The van der Waals surface area contributed by atoms with Crippen LogP contribution in [0.25, 0.3) is 0 Å². The minimum Gasteiger partial charge on any atom is -0.348 e. The molecule has 1 heterocycles. The van der Waals surface area contributed by atoms with E-state index >= 15 is 0 Å². The molecule has 3 aromatic rings. The molecule has 190 valence electrons. The highest BCUT2D eigenvalue weighted by molar-refractivity contribution is 7.92. The Labute approximate surface area is 218 Å². The molecule has 0 saturated carbocycles. The number of amides is 1. The Kier molecular flexibility index (Phi) is 8.34. The molecule has 6 nitrogen and oxygen atoms in total. The summed E-state index contributed by atoms with van der Waals surface area (Å²) >= 11 is 6.24. The molecule has 1 amide bonds. The largest absolute Gasteiger partial charge is 0.348 e. The molecule has 0 radical (unpaired) electrons. The second-order valence-corrected chi connectivity index (χ2v) is 11.4. The van der Waals surface area contributed by atoms with Crippen LogP contribution in [0.3, 0.4) is 0 Å². The Morgan fingerprint density at radius 3 is 2.44 bits per heavy atom. The zero-order valence-corrected chi connectivity index (χ0v) is 22.3. The van der Waals surface area contributed by atoms with Gasteiger partial charge in [0.1, 0.15) is 4.90 Å². The van der Waals surface area contributed by atoms with Crippen molar-refractivity contribution in [1.29, 1.82) is 0 Å². The van der Waals surface area contributed by atoms with Crippen molar-refractivity contribution in [2.24, 2.45) is 0 Å². The quantitative estimate of drug-likeness (QED) is 0.397. The predicted octanol–water partition coefficient (Wildman–Crippen LogP) is 5.67. The molecule has 8 heteroatoms. The van der Waals surface area contributed by atoms with Crippen LogP contribution in [0.4, 0.5) is 5.69 Å². The molecule has 0 bridgehead atoms. The third kappa shape index (κ3) is 6.46. The molecule has 0 unspecified atom stereocenters. The van der Waals surface area contributed by atoms with E-state index in [4.69, 9.17) is 11.6 Å². The number of carbonyl (C=O) groups is 1. The summed E-state index contributed by atoms with van der Waals surface area (Å²) in [5.74, 6) is -0.365. The van der Waals surface area contributed by atoms with E-state index in [9.17, 15) is 13.2 Å². The summed E-state index contributed by atoms with van der Waals surface area (Å²) in [6.07, 6.45) is 3.79. The second-order valence-electron chi connectivity index (χ2n) is 9.34. The number of aryl methyl sites for hydroxylation is 1. The lowest BCUT2D eigenvalue weighted by Gasteiger charge is -2.26. The van der Waals surface area contributed by atoms with E-state index in [1.165, 1.54) is 43.0 Å². The number of nitrogens with one attached hydrogen (secondary N) is 2. The maximum Gasteiger partial charge on any atom is 0.263 e. The molecule has 2 N–H and O–H groups in total. The maximum atomic E-state index is 13.1. The van der Waals surface area contributed by atoms with Gasteiger partial charge < -0.3 is 5.32 Å². The first kappa shape index (κ1) is 26.2. The summed E-state index contributed by atoms with van der Waals surface area (Å²) in [7, 11) is -3.99. The van der Waals surface area contributed by atoms with E-state index in [0.717, 1.165) is 36.3 Å². The third-order valence-corrected chi connectivity index (χ3v) is 8.48. The lowest BCUT2D eigenvalue weighted by molar-refractivity contribution is 0.0950. The van der Waals surface area contributed by atoms with Gasteiger partial charge in [-0.05, 0) is 86.3 Å². The first-order valence-corrected chi connectivity index (χ1v) is 14.1. The van der Waals surface area contributed by atoms with Gasteiger partial charge in [0, 0.05) is 18.7 Å². The Balaban J connectivity index is 1.45. The van der Waals surface area contributed by atoms with Crippen molar-refractivity contribution in [2.75, 3.05) is 17.8 Å². The normalized spacial score (nSPS) is 14.4. The molecule has 1 fully saturated rings. The van der Waals surface area contributed by atoms with Crippen LogP contribution in [0.15, 0.2) is 65.6 Å². The Morgan fingerprint density at radius 2 is 1.67 bits per heavy atom. The monoisotopic (exact) mass is 525 g/mol. The summed E-state index contributed by atoms with van der Waals surface area (Å²) in [5.41, 5.74) is 4.72. The number of anilines is 1. The van der Waals surface area contributed by atoms with Crippen molar-refractivity contribution in [2.45, 2.75) is 51.1 Å². The lowest BCUT2D eigenvalue weighted by Crippen LogP contribution is -2.29. The van der Waals surface area contributed by atoms with Crippen molar-refractivity contribution < 1.29 is 13.2 Å². The van der Waals surface area contributed by atoms with Crippen LogP contribution < -0.4 is 10.0 Å². The first-order chi connectivity index (χ1) is 17.2. The van der Waals surface area contributed by atoms with Gasteiger partial charge in [0.2, 0.25) is 0 Å². The lowest BCUT2D eigenvalue weighted by atomic mass is 10.1. The number of hydrogen-bond acceptors (Lipinski definition) is 4. The summed E-state index contributed by atoms with van der Waals surface area (Å²) in [6, 6.07) is 17.9. The van der Waals surface area contributed by atoms with E-state index in [0.29, 0.717) is 12.2 Å². The molecular weight excluding hydrogens is 494 g/mol. The van der Waals surface area contributed by atoms with E-state index in [1.807, 2.05) is 32.0 Å². The molecule has 1 aliphatic heterocycles. The highest BCUT2D eigenvalue weighted by Crippen LogP contribution is 2.27. The smallest absolute Gasteiger partial charge is 0.263 e. The Morgan fingerprint density at radius 1 is 0.944 bits per heavy atom. The van der Waals surface area contributed by atoms with Gasteiger partial charge in [0.05, 0.1) is 10.7 Å². The van der Waals surface area contributed by atoms with Gasteiger partial charge in [-0.2, -0.15) is 0 Å². The van der Waals surface area contributed by atoms with E-state index in [1.54, 1.807) is 12.1 Å². The van der Waals surface area contributed by atoms with Crippen molar-refractivity contribution in [1.82, 2.24) is 10.2 Å². The molecule has 0 spiro atoms. The standard InChI is InChI=1S/C28H32ClN3O3S/c1-20-8-6-11-26(21(20)2)31-36(34,35)27-17-24(12-13-25(27)29)28(33)30-18-22-9-7-10-23(16-22)19-32-14-4-3-5-15-32/h6-13,16-17,31H,3-5,14-15,18-19H2,1-2H3,(H,30,33). The SMILES string of the molecule is Cc1cccc(NS(=O)(=O)c2cc(C(=O)NCc3cccc(CN4CCCCC4)c3)ccc2Cl)c1C. The van der Waals surface area contributed by atoms with Crippen LogP contribution >= 0.6 is 11.6 Å². The number of rotatable bonds is 8. The average Bonchev–Trinajstić information content (AvgIpc) is 2.86. The fraction of sp³-hybridized carbons (Fsp3) is 0.321. The van der Waals surface area contributed by atoms with Crippen molar-refractivity contribution in [3.05, 3.63) is 93.5 Å². The van der Waals surface area contributed by atoms with Crippen LogP contribution in [0, 0.1) is 13.8 Å². The molecule has 4 rings (SSSR count). The Hall–Kier alpha value is -2.87. The molecule has 3 aromatic carbocycles. The van der Waals surface area contributed by atoms with Gasteiger partial charge >= 0.3 is 0 Å². The topological polar surface area (TPSA) is 78.5 Å². The van der Waals surface area contributed by atoms with Gasteiger partial charge in [-0.15, -0.1) is 0 Å². The fourth-order valence-corrected chi connectivity index (χ4v) is 6.06. The minimum absolute atomic E-state index is 0.0507. The van der Waals surface area contributed by atoms with Crippen molar-refractivity contribution in [3.63, 3.8) is 0 Å². The number of sulfonamides is 1.